The van der Waals surface area contributed by atoms with Crippen LogP contribution in [-0.2, 0) is 5.41 Å². The van der Waals surface area contributed by atoms with Crippen LogP contribution in [0.2, 0.25) is 0 Å². The third-order valence-electron chi connectivity index (χ3n) is 17.2. The van der Waals surface area contributed by atoms with Gasteiger partial charge in [0.25, 0.3) is 0 Å². The molecule has 1 fully saturated rings. The SMILES string of the molecule is CCCCCCCCCCCCC(c1ccc(C2(c3ccc(C(CCCCCCCCCCCC)c4ccc(N)cc4C)cc3)CCC(CCCCCCCCCC)CC2)cc1)c1ccc(N)cc1C. The van der Waals surface area contributed by atoms with Crippen molar-refractivity contribution in [3.63, 3.8) is 0 Å². The molecule has 0 aromatic heterocycles. The first-order valence-corrected chi connectivity index (χ1v) is 30.2. The third kappa shape index (κ3) is 19.2. The number of hydrogen-bond acceptors (Lipinski definition) is 2. The summed E-state index contributed by atoms with van der Waals surface area (Å²) in [5.74, 6) is 1.64. The molecule has 4 aromatic carbocycles. The second-order valence-electron chi connectivity index (χ2n) is 22.8. The van der Waals surface area contributed by atoms with Gasteiger partial charge in [0.2, 0.25) is 0 Å². The van der Waals surface area contributed by atoms with Crippen LogP contribution in [0.25, 0.3) is 0 Å². The molecule has 0 aliphatic heterocycles. The predicted molar refractivity (Wildman–Crippen MR) is 311 cm³/mol. The molecule has 2 atom stereocenters. The van der Waals surface area contributed by atoms with Gasteiger partial charge in [-0.2, -0.15) is 0 Å². The Morgan fingerprint density at radius 3 is 1.04 bits per heavy atom. The number of hydrogen-bond donors (Lipinski definition) is 2. The maximum atomic E-state index is 6.33. The smallest absolute Gasteiger partial charge is 0.0316 e. The second kappa shape index (κ2) is 33.3. The van der Waals surface area contributed by atoms with Crippen molar-refractivity contribution < 1.29 is 0 Å². The molecule has 0 saturated heterocycles. The fourth-order valence-corrected chi connectivity index (χ4v) is 12.7. The molecule has 2 unspecified atom stereocenters. The molecule has 1 aliphatic rings. The topological polar surface area (TPSA) is 52.0 Å². The molecule has 0 heterocycles. The Labute approximate surface area is 432 Å². The summed E-state index contributed by atoms with van der Waals surface area (Å²) in [7, 11) is 0. The van der Waals surface area contributed by atoms with E-state index in [1.807, 2.05) is 0 Å². The molecule has 0 spiro atoms. The van der Waals surface area contributed by atoms with E-state index in [2.05, 4.69) is 120 Å². The minimum absolute atomic E-state index is 0.0408. The lowest BCUT2D eigenvalue weighted by Gasteiger charge is -2.42. The Morgan fingerprint density at radius 1 is 0.400 bits per heavy atom. The lowest BCUT2D eigenvalue weighted by molar-refractivity contribution is 0.250. The van der Waals surface area contributed by atoms with Crippen molar-refractivity contribution in [1.29, 1.82) is 0 Å². The minimum atomic E-state index is 0.0408. The third-order valence-corrected chi connectivity index (χ3v) is 17.2. The first-order chi connectivity index (χ1) is 34.3. The van der Waals surface area contributed by atoms with Gasteiger partial charge in [0.05, 0.1) is 0 Å². The monoisotopic (exact) mass is 951 g/mol. The van der Waals surface area contributed by atoms with Crippen LogP contribution in [0.3, 0.4) is 0 Å². The van der Waals surface area contributed by atoms with E-state index in [-0.39, 0.29) is 5.41 Å². The van der Waals surface area contributed by atoms with Crippen molar-refractivity contribution in [1.82, 2.24) is 0 Å². The van der Waals surface area contributed by atoms with Gasteiger partial charge in [-0.3, -0.25) is 0 Å². The standard InChI is InChI=1S/C68H106N2/c1-6-9-12-15-18-21-23-26-29-32-35-66(64-47-45-62(69)53-55(64)4)58-37-41-60(42-38-58)68(51-49-57(50-52-68)34-31-28-25-20-17-14-11-8-3)61-43-39-59(40-44-61)67(65-48-46-63(70)54-56(65)5)36-33-30-27-24-22-19-16-13-10-7-2/h37-48,53-54,57,66-67H,6-36,49-52,69-70H2,1-5H3. The van der Waals surface area contributed by atoms with Gasteiger partial charge < -0.3 is 11.5 Å². The van der Waals surface area contributed by atoms with E-state index in [0.29, 0.717) is 11.8 Å². The zero-order valence-electron chi connectivity index (χ0n) is 46.2. The van der Waals surface area contributed by atoms with Crippen LogP contribution < -0.4 is 11.5 Å². The van der Waals surface area contributed by atoms with E-state index < -0.39 is 0 Å². The number of rotatable bonds is 37. The summed E-state index contributed by atoms with van der Waals surface area (Å²) in [6.45, 7) is 11.5. The first-order valence-electron chi connectivity index (χ1n) is 30.2. The van der Waals surface area contributed by atoms with Crippen molar-refractivity contribution in [2.24, 2.45) is 5.92 Å². The molecule has 70 heavy (non-hydrogen) atoms. The van der Waals surface area contributed by atoms with Crippen LogP contribution in [0.15, 0.2) is 84.9 Å². The van der Waals surface area contributed by atoms with Gasteiger partial charge in [-0.25, -0.2) is 0 Å². The van der Waals surface area contributed by atoms with Gasteiger partial charge in [0.1, 0.15) is 0 Å². The molecule has 0 bridgehead atoms. The van der Waals surface area contributed by atoms with Crippen LogP contribution >= 0.6 is 0 Å². The summed E-state index contributed by atoms with van der Waals surface area (Å²) in [4.78, 5) is 0. The molecule has 0 amide bonds. The molecule has 1 saturated carbocycles. The second-order valence-corrected chi connectivity index (χ2v) is 22.8. The number of benzene rings is 4. The Balaban J connectivity index is 1.34. The van der Waals surface area contributed by atoms with Crippen molar-refractivity contribution >= 4 is 11.4 Å². The van der Waals surface area contributed by atoms with E-state index in [0.717, 1.165) is 17.3 Å². The van der Waals surface area contributed by atoms with E-state index >= 15 is 0 Å². The average molecular weight is 952 g/mol. The van der Waals surface area contributed by atoms with Crippen molar-refractivity contribution in [3.05, 3.63) is 129 Å². The van der Waals surface area contributed by atoms with Crippen LogP contribution in [-0.4, -0.2) is 0 Å². The molecule has 2 heteroatoms. The van der Waals surface area contributed by atoms with Gasteiger partial charge in [0, 0.05) is 28.6 Å². The maximum absolute atomic E-state index is 6.33. The van der Waals surface area contributed by atoms with Crippen LogP contribution in [0.1, 0.15) is 302 Å². The number of anilines is 2. The molecule has 388 valence electrons. The van der Waals surface area contributed by atoms with Gasteiger partial charge in [0.15, 0.2) is 0 Å². The van der Waals surface area contributed by atoms with Crippen LogP contribution in [0, 0.1) is 19.8 Å². The number of aryl methyl sites for hydroxylation is 2. The lowest BCUT2D eigenvalue weighted by Crippen LogP contribution is -2.33. The van der Waals surface area contributed by atoms with Gasteiger partial charge in [-0.1, -0.05) is 268 Å². The lowest BCUT2D eigenvalue weighted by atomic mass is 9.62. The highest BCUT2D eigenvalue weighted by Crippen LogP contribution is 2.49. The Hall–Kier alpha value is -3.52. The summed E-state index contributed by atoms with van der Waals surface area (Å²) < 4.78 is 0. The zero-order chi connectivity index (χ0) is 49.7. The molecule has 0 radical (unpaired) electrons. The van der Waals surface area contributed by atoms with Gasteiger partial charge in [-0.15, -0.1) is 0 Å². The van der Waals surface area contributed by atoms with Gasteiger partial charge in [-0.05, 0) is 127 Å². The molecule has 4 aromatic rings. The Morgan fingerprint density at radius 2 is 0.714 bits per heavy atom. The molecule has 2 nitrogen and oxygen atoms in total. The van der Waals surface area contributed by atoms with E-state index in [1.165, 1.54) is 269 Å². The van der Waals surface area contributed by atoms with Crippen molar-refractivity contribution in [3.8, 4) is 0 Å². The molecule has 4 N–H and O–H groups in total. The summed E-state index contributed by atoms with van der Waals surface area (Å²) >= 11 is 0. The molecule has 5 rings (SSSR count). The molecular formula is C68H106N2. The van der Waals surface area contributed by atoms with Gasteiger partial charge >= 0.3 is 0 Å². The molecular weight excluding hydrogens is 845 g/mol. The fourth-order valence-electron chi connectivity index (χ4n) is 12.7. The van der Waals surface area contributed by atoms with E-state index in [9.17, 15) is 0 Å². The number of nitrogens with two attached hydrogens (primary N) is 2. The normalized spacial score (nSPS) is 17.0. The Bertz CT molecular complexity index is 1820. The summed E-state index contributed by atoms with van der Waals surface area (Å²) in [5.41, 5.74) is 26.0. The van der Waals surface area contributed by atoms with E-state index in [1.54, 1.807) is 0 Å². The Kier molecular flexibility index (Phi) is 27.3. The fraction of sp³-hybridized carbons (Fsp3) is 0.647. The molecule has 1 aliphatic carbocycles. The zero-order valence-corrected chi connectivity index (χ0v) is 46.2. The summed E-state index contributed by atoms with van der Waals surface area (Å²) in [6.07, 6.45) is 47.6. The summed E-state index contributed by atoms with van der Waals surface area (Å²) in [5, 5.41) is 0. The van der Waals surface area contributed by atoms with Crippen LogP contribution in [0.5, 0.6) is 0 Å². The quantitative estimate of drug-likeness (QED) is 0.0350. The first kappa shape index (κ1) is 57.4. The largest absolute Gasteiger partial charge is 0.399 e. The van der Waals surface area contributed by atoms with E-state index in [4.69, 9.17) is 11.5 Å². The predicted octanol–water partition coefficient (Wildman–Crippen LogP) is 21.4. The highest BCUT2D eigenvalue weighted by Gasteiger charge is 2.38. The maximum Gasteiger partial charge on any atom is 0.0316 e. The highest BCUT2D eigenvalue weighted by atomic mass is 14.5. The number of unbranched alkanes of at least 4 members (excludes halogenated alkanes) is 25. The average Bonchev–Trinajstić information content (AvgIpc) is 3.37. The highest BCUT2D eigenvalue weighted by molar-refractivity contribution is 5.51. The minimum Gasteiger partial charge on any atom is -0.399 e. The van der Waals surface area contributed by atoms with Crippen molar-refractivity contribution in [2.45, 2.75) is 277 Å². The van der Waals surface area contributed by atoms with Crippen LogP contribution in [0.4, 0.5) is 11.4 Å². The number of nitrogen functional groups attached to an aromatic ring is 2. The summed E-state index contributed by atoms with van der Waals surface area (Å²) in [6, 6.07) is 33.7. The van der Waals surface area contributed by atoms with Crippen molar-refractivity contribution in [2.75, 3.05) is 11.5 Å².